The highest BCUT2D eigenvalue weighted by Crippen LogP contribution is 2.31. The minimum absolute atomic E-state index is 0.133. The van der Waals surface area contributed by atoms with E-state index in [1.54, 1.807) is 31.4 Å². The Morgan fingerprint density at radius 3 is 2.59 bits per heavy atom. The van der Waals surface area contributed by atoms with Gasteiger partial charge in [0.15, 0.2) is 0 Å². The van der Waals surface area contributed by atoms with Crippen molar-refractivity contribution < 1.29 is 14.4 Å². The third-order valence-electron chi connectivity index (χ3n) is 4.18. The number of nitrogens with one attached hydrogen (secondary N) is 2. The van der Waals surface area contributed by atoms with E-state index < -0.39 is 4.92 Å². The van der Waals surface area contributed by atoms with Gasteiger partial charge in [-0.15, -0.1) is 0 Å². The van der Waals surface area contributed by atoms with E-state index in [4.69, 9.17) is 9.47 Å². The Bertz CT molecular complexity index is 765. The average Bonchev–Trinajstić information content (AvgIpc) is 2.69. The molecule has 144 valence electrons. The van der Waals surface area contributed by atoms with Gasteiger partial charge in [-0.3, -0.25) is 15.0 Å². The monoisotopic (exact) mass is 374 g/mol. The molecular weight excluding hydrogens is 352 g/mol. The van der Waals surface area contributed by atoms with Gasteiger partial charge in [-0.1, -0.05) is 0 Å². The largest absolute Gasteiger partial charge is 0.497 e. The summed E-state index contributed by atoms with van der Waals surface area (Å²) in [4.78, 5) is 21.4. The van der Waals surface area contributed by atoms with E-state index in [0.29, 0.717) is 31.2 Å². The van der Waals surface area contributed by atoms with Gasteiger partial charge in [-0.2, -0.15) is 0 Å². The van der Waals surface area contributed by atoms with Crippen LogP contribution in [0.1, 0.15) is 0 Å². The quantitative estimate of drug-likeness (QED) is 0.528. The second-order valence-corrected chi connectivity index (χ2v) is 5.91. The van der Waals surface area contributed by atoms with Crippen molar-refractivity contribution in [3.63, 3.8) is 0 Å². The predicted octanol–water partition coefficient (Wildman–Crippen LogP) is 1.88. The number of nitro groups is 1. The van der Waals surface area contributed by atoms with E-state index >= 15 is 0 Å². The summed E-state index contributed by atoms with van der Waals surface area (Å²) in [6.45, 7) is 4.44. The first-order valence-electron chi connectivity index (χ1n) is 8.62. The third kappa shape index (κ3) is 5.02. The number of morpholine rings is 1. The van der Waals surface area contributed by atoms with Crippen LogP contribution >= 0.6 is 0 Å². The number of hydrogen-bond donors (Lipinski definition) is 2. The van der Waals surface area contributed by atoms with Gasteiger partial charge in [0.25, 0.3) is 0 Å². The van der Waals surface area contributed by atoms with Crippen LogP contribution < -0.4 is 15.4 Å². The van der Waals surface area contributed by atoms with Crippen LogP contribution in [0, 0.1) is 10.1 Å². The average molecular weight is 374 g/mol. The molecule has 2 N–H and O–H groups in total. The molecule has 1 aliphatic rings. The van der Waals surface area contributed by atoms with E-state index in [9.17, 15) is 10.1 Å². The van der Waals surface area contributed by atoms with Crippen molar-refractivity contribution in [1.29, 1.82) is 0 Å². The minimum Gasteiger partial charge on any atom is -0.497 e. The van der Waals surface area contributed by atoms with Gasteiger partial charge < -0.3 is 20.1 Å². The lowest BCUT2D eigenvalue weighted by molar-refractivity contribution is -0.383. The van der Waals surface area contributed by atoms with E-state index in [1.165, 1.54) is 6.33 Å². The first-order chi connectivity index (χ1) is 13.2. The van der Waals surface area contributed by atoms with Crippen LogP contribution in [0.25, 0.3) is 0 Å². The van der Waals surface area contributed by atoms with Crippen molar-refractivity contribution in [3.05, 3.63) is 40.7 Å². The summed E-state index contributed by atoms with van der Waals surface area (Å²) in [5.41, 5.74) is 0.479. The molecular formula is C17H22N6O4. The number of anilines is 3. The lowest BCUT2D eigenvalue weighted by Crippen LogP contribution is -2.39. The maximum absolute atomic E-state index is 11.6. The number of methoxy groups -OCH3 is 1. The molecule has 0 bridgehead atoms. The van der Waals surface area contributed by atoms with Crippen LogP contribution in [0.4, 0.5) is 23.0 Å². The van der Waals surface area contributed by atoms with Gasteiger partial charge >= 0.3 is 5.69 Å². The Morgan fingerprint density at radius 2 is 1.93 bits per heavy atom. The van der Waals surface area contributed by atoms with Crippen molar-refractivity contribution in [2.45, 2.75) is 0 Å². The Kier molecular flexibility index (Phi) is 6.34. The molecule has 1 saturated heterocycles. The molecule has 1 aromatic carbocycles. The summed E-state index contributed by atoms with van der Waals surface area (Å²) >= 11 is 0. The Labute approximate surface area is 156 Å². The van der Waals surface area contributed by atoms with Crippen LogP contribution in [0.5, 0.6) is 5.75 Å². The van der Waals surface area contributed by atoms with Crippen LogP contribution in [-0.2, 0) is 4.74 Å². The van der Waals surface area contributed by atoms with Crippen LogP contribution in [0.2, 0.25) is 0 Å². The zero-order chi connectivity index (χ0) is 19.1. The summed E-state index contributed by atoms with van der Waals surface area (Å²) in [7, 11) is 1.58. The van der Waals surface area contributed by atoms with E-state index in [0.717, 1.165) is 19.6 Å². The topological polar surface area (TPSA) is 115 Å². The molecule has 2 aromatic rings. The van der Waals surface area contributed by atoms with Crippen molar-refractivity contribution in [2.24, 2.45) is 0 Å². The van der Waals surface area contributed by atoms with E-state index in [1.807, 2.05) is 0 Å². The second-order valence-electron chi connectivity index (χ2n) is 5.91. The number of rotatable bonds is 8. The zero-order valence-electron chi connectivity index (χ0n) is 15.1. The van der Waals surface area contributed by atoms with Crippen molar-refractivity contribution in [1.82, 2.24) is 14.9 Å². The number of nitrogens with zero attached hydrogens (tertiary/aromatic N) is 4. The second kappa shape index (κ2) is 9.10. The summed E-state index contributed by atoms with van der Waals surface area (Å²) in [5, 5.41) is 17.6. The van der Waals surface area contributed by atoms with Gasteiger partial charge in [0.05, 0.1) is 25.2 Å². The maximum atomic E-state index is 11.6. The van der Waals surface area contributed by atoms with Gasteiger partial charge in [0, 0.05) is 31.9 Å². The van der Waals surface area contributed by atoms with Crippen molar-refractivity contribution >= 4 is 23.0 Å². The summed E-state index contributed by atoms with van der Waals surface area (Å²) in [6, 6.07) is 7.04. The Hall–Kier alpha value is -2.98. The molecule has 0 unspecified atom stereocenters. The predicted molar refractivity (Wildman–Crippen MR) is 101 cm³/mol. The molecule has 1 aromatic heterocycles. The molecule has 1 fully saturated rings. The lowest BCUT2D eigenvalue weighted by Gasteiger charge is -2.26. The fourth-order valence-electron chi connectivity index (χ4n) is 2.74. The molecule has 0 radical (unpaired) electrons. The molecule has 0 atom stereocenters. The first-order valence-corrected chi connectivity index (χ1v) is 8.62. The Balaban J connectivity index is 1.70. The fourth-order valence-corrected chi connectivity index (χ4v) is 2.74. The van der Waals surface area contributed by atoms with Gasteiger partial charge in [-0.25, -0.2) is 9.97 Å². The number of benzene rings is 1. The number of ether oxygens (including phenoxy) is 2. The van der Waals surface area contributed by atoms with E-state index in [-0.39, 0.29) is 17.3 Å². The first kappa shape index (κ1) is 18.8. The third-order valence-corrected chi connectivity index (χ3v) is 4.18. The molecule has 0 amide bonds. The summed E-state index contributed by atoms with van der Waals surface area (Å²) in [6.07, 6.45) is 1.30. The Morgan fingerprint density at radius 1 is 1.22 bits per heavy atom. The normalized spacial score (nSPS) is 14.6. The molecule has 3 rings (SSSR count). The molecule has 27 heavy (non-hydrogen) atoms. The van der Waals surface area contributed by atoms with Gasteiger partial charge in [0.2, 0.25) is 11.6 Å². The van der Waals surface area contributed by atoms with Crippen molar-refractivity contribution in [2.75, 3.05) is 57.1 Å². The maximum Gasteiger partial charge on any atom is 0.353 e. The van der Waals surface area contributed by atoms with Crippen LogP contribution in [0.3, 0.4) is 0 Å². The zero-order valence-corrected chi connectivity index (χ0v) is 15.1. The standard InChI is InChI=1S/C17H22N6O4/c1-26-14-4-2-13(3-5-14)21-17-15(23(24)25)16(19-12-20-17)18-6-7-22-8-10-27-11-9-22/h2-5,12H,6-11H2,1H3,(H2,18,19,20,21). The highest BCUT2D eigenvalue weighted by atomic mass is 16.6. The molecule has 0 saturated carbocycles. The fraction of sp³-hybridized carbons (Fsp3) is 0.412. The summed E-state index contributed by atoms with van der Waals surface area (Å²) < 4.78 is 10.4. The molecule has 10 heteroatoms. The van der Waals surface area contributed by atoms with Crippen LogP contribution in [-0.4, -0.2) is 66.3 Å². The molecule has 1 aliphatic heterocycles. The van der Waals surface area contributed by atoms with Gasteiger partial charge in [0.1, 0.15) is 12.1 Å². The number of aromatic nitrogens is 2. The minimum atomic E-state index is -0.483. The highest BCUT2D eigenvalue weighted by molar-refractivity contribution is 5.73. The van der Waals surface area contributed by atoms with E-state index in [2.05, 4.69) is 25.5 Å². The molecule has 2 heterocycles. The molecule has 10 nitrogen and oxygen atoms in total. The van der Waals surface area contributed by atoms with Gasteiger partial charge in [-0.05, 0) is 24.3 Å². The van der Waals surface area contributed by atoms with Crippen molar-refractivity contribution in [3.8, 4) is 5.75 Å². The molecule has 0 aliphatic carbocycles. The SMILES string of the molecule is COc1ccc(Nc2ncnc(NCCN3CCOCC3)c2[N+](=O)[O-])cc1. The summed E-state index contributed by atoms with van der Waals surface area (Å²) in [5.74, 6) is 1.02. The number of hydrogen-bond acceptors (Lipinski definition) is 9. The van der Waals surface area contributed by atoms with Crippen LogP contribution in [0.15, 0.2) is 30.6 Å². The lowest BCUT2D eigenvalue weighted by atomic mass is 10.3. The molecule has 0 spiro atoms. The highest BCUT2D eigenvalue weighted by Gasteiger charge is 2.23. The smallest absolute Gasteiger partial charge is 0.353 e.